The molecule has 1 N–H and O–H groups in total. The molecule has 0 aromatic heterocycles. The quantitative estimate of drug-likeness (QED) is 0.469. The minimum atomic E-state index is -2.39. The van der Waals surface area contributed by atoms with Crippen molar-refractivity contribution in [1.82, 2.24) is 4.31 Å². The number of aliphatic hydroxyl groups excluding tert-OH is 1. The zero-order valence-corrected chi connectivity index (χ0v) is 5.75. The number of aliphatic hydroxyl groups is 1. The lowest BCUT2D eigenvalue weighted by atomic mass is 10.1. The molecule has 4 nitrogen and oxygen atoms in total. The van der Waals surface area contributed by atoms with Crippen LogP contribution in [0.4, 0.5) is 0 Å². The maximum Gasteiger partial charge on any atom is 0.203 e. The highest BCUT2D eigenvalue weighted by atomic mass is 32.2. The van der Waals surface area contributed by atoms with Crippen LogP contribution in [0.5, 0.6) is 0 Å². The van der Waals surface area contributed by atoms with Gasteiger partial charge in [-0.2, -0.15) is 0 Å². The lowest BCUT2D eigenvalue weighted by Crippen LogP contribution is -2.46. The van der Waals surface area contributed by atoms with Gasteiger partial charge >= 0.3 is 0 Å². The van der Waals surface area contributed by atoms with Gasteiger partial charge in [0.15, 0.2) is 0 Å². The molecule has 54 valence electrons. The molecule has 1 saturated heterocycles. The van der Waals surface area contributed by atoms with E-state index >= 15 is 0 Å². The summed E-state index contributed by atoms with van der Waals surface area (Å²) in [6, 6.07) is 0. The number of hydrogen-bond donors (Lipinski definition) is 2. The summed E-state index contributed by atoms with van der Waals surface area (Å²) in [6.45, 7) is 1.09. The molecule has 0 radical (unpaired) electrons. The Hall–Kier alpha value is -0.130. The monoisotopic (exact) mass is 151 g/mol. The van der Waals surface area contributed by atoms with Gasteiger partial charge in [0, 0.05) is 25.6 Å². The maximum atomic E-state index is 10.1. The van der Waals surface area contributed by atoms with E-state index in [1.54, 1.807) is 0 Å². The van der Waals surface area contributed by atoms with Crippen LogP contribution in [0.2, 0.25) is 0 Å². The van der Waals surface area contributed by atoms with Gasteiger partial charge in [-0.25, -0.2) is 12.7 Å². The van der Waals surface area contributed by atoms with Crippen molar-refractivity contribution < 1.29 is 13.5 Å². The first-order valence-corrected chi connectivity index (χ1v) is 3.87. The molecule has 1 aliphatic rings. The van der Waals surface area contributed by atoms with E-state index in [9.17, 15) is 8.42 Å². The highest BCUT2D eigenvalue weighted by molar-refractivity contribution is 7.69. The van der Waals surface area contributed by atoms with Crippen molar-refractivity contribution in [1.29, 1.82) is 0 Å². The average molecular weight is 151 g/mol. The molecule has 1 heterocycles. The van der Waals surface area contributed by atoms with E-state index in [-0.39, 0.29) is 12.5 Å². The molecule has 0 aromatic rings. The molecule has 1 fully saturated rings. The van der Waals surface area contributed by atoms with Crippen LogP contribution in [0.25, 0.3) is 0 Å². The van der Waals surface area contributed by atoms with Gasteiger partial charge in [0.25, 0.3) is 0 Å². The zero-order chi connectivity index (χ0) is 6.85. The first kappa shape index (κ1) is 6.98. The Kier molecular flexibility index (Phi) is 2.05. The van der Waals surface area contributed by atoms with E-state index in [0.717, 1.165) is 0 Å². The summed E-state index contributed by atoms with van der Waals surface area (Å²) in [5, 5.41) is 8.46. The molecule has 0 aromatic carbocycles. The third-order valence-corrected chi connectivity index (χ3v) is 2.22. The van der Waals surface area contributed by atoms with E-state index in [4.69, 9.17) is 5.11 Å². The Morgan fingerprint density at radius 3 is 2.44 bits per heavy atom. The van der Waals surface area contributed by atoms with Crippen LogP contribution in [-0.4, -0.2) is 37.5 Å². The molecular formula is C4H9NO3S. The number of nitrogens with zero attached hydrogens (tertiary/aromatic N) is 1. The molecule has 0 atom stereocenters. The van der Waals surface area contributed by atoms with Crippen LogP contribution in [0.1, 0.15) is 0 Å². The lowest BCUT2D eigenvalue weighted by Gasteiger charge is -2.32. The third kappa shape index (κ3) is 1.41. The molecule has 9 heavy (non-hydrogen) atoms. The molecule has 0 amide bonds. The summed E-state index contributed by atoms with van der Waals surface area (Å²) in [6.07, 6.45) is 0. The average Bonchev–Trinajstić information content (AvgIpc) is 1.61. The fourth-order valence-corrected chi connectivity index (χ4v) is 1.52. The first-order chi connectivity index (χ1) is 4.24. The SMILES string of the molecule is O=[SH](=O)N1CC(CO)C1. The minimum absolute atomic E-state index is 0.0969. The Labute approximate surface area is 55.2 Å². The predicted octanol–water partition coefficient (Wildman–Crippen LogP) is -1.56. The van der Waals surface area contributed by atoms with Crippen LogP contribution in [0.3, 0.4) is 0 Å². The molecule has 0 unspecified atom stereocenters. The van der Waals surface area contributed by atoms with Crippen LogP contribution < -0.4 is 0 Å². The molecule has 1 aliphatic heterocycles. The highest BCUT2D eigenvalue weighted by Gasteiger charge is 2.27. The standard InChI is InChI=1S/C4H9NO3S/c6-3-4-1-5(2-4)9(7)8/h4,6,9H,1-3H2. The Morgan fingerprint density at radius 2 is 2.11 bits per heavy atom. The molecule has 5 heteroatoms. The smallest absolute Gasteiger partial charge is 0.203 e. The summed E-state index contributed by atoms with van der Waals surface area (Å²) in [5.41, 5.74) is 0. The van der Waals surface area contributed by atoms with E-state index < -0.39 is 10.9 Å². The summed E-state index contributed by atoms with van der Waals surface area (Å²) in [7, 11) is -2.39. The van der Waals surface area contributed by atoms with Crippen molar-refractivity contribution in [2.45, 2.75) is 0 Å². The van der Waals surface area contributed by atoms with Gasteiger partial charge in [0.2, 0.25) is 10.9 Å². The summed E-state index contributed by atoms with van der Waals surface area (Å²) >= 11 is 0. The number of thiol groups is 1. The van der Waals surface area contributed by atoms with Crippen LogP contribution in [-0.2, 0) is 10.9 Å². The van der Waals surface area contributed by atoms with Crippen molar-refractivity contribution in [3.05, 3.63) is 0 Å². The van der Waals surface area contributed by atoms with Gasteiger partial charge in [0.05, 0.1) is 0 Å². The summed E-state index contributed by atoms with van der Waals surface area (Å²) < 4.78 is 21.6. The van der Waals surface area contributed by atoms with E-state index in [1.807, 2.05) is 0 Å². The van der Waals surface area contributed by atoms with Crippen molar-refractivity contribution in [3.8, 4) is 0 Å². The third-order valence-electron chi connectivity index (χ3n) is 1.43. The van der Waals surface area contributed by atoms with Crippen LogP contribution in [0.15, 0.2) is 0 Å². The Morgan fingerprint density at radius 1 is 1.56 bits per heavy atom. The Balaban J connectivity index is 2.27. The van der Waals surface area contributed by atoms with Crippen LogP contribution in [0, 0.1) is 5.92 Å². The van der Waals surface area contributed by atoms with E-state index in [0.29, 0.717) is 13.1 Å². The second-order valence-corrected chi connectivity index (χ2v) is 3.20. The fourth-order valence-electron chi connectivity index (χ4n) is 0.791. The molecular weight excluding hydrogens is 142 g/mol. The van der Waals surface area contributed by atoms with Crippen molar-refractivity contribution >= 4 is 10.9 Å². The van der Waals surface area contributed by atoms with Crippen LogP contribution >= 0.6 is 0 Å². The first-order valence-electron chi connectivity index (χ1n) is 2.74. The summed E-state index contributed by atoms with van der Waals surface area (Å²) in [4.78, 5) is 0. The van der Waals surface area contributed by atoms with Gasteiger partial charge in [0.1, 0.15) is 0 Å². The number of hydrogen-bond acceptors (Lipinski definition) is 3. The normalized spacial score (nSPS) is 22.4. The molecule has 0 spiro atoms. The van der Waals surface area contributed by atoms with Gasteiger partial charge < -0.3 is 5.11 Å². The van der Waals surface area contributed by atoms with E-state index in [2.05, 4.69) is 0 Å². The van der Waals surface area contributed by atoms with E-state index in [1.165, 1.54) is 4.31 Å². The number of rotatable bonds is 2. The van der Waals surface area contributed by atoms with Crippen molar-refractivity contribution in [3.63, 3.8) is 0 Å². The second-order valence-electron chi connectivity index (χ2n) is 2.16. The molecule has 0 bridgehead atoms. The Bertz CT molecular complexity index is 153. The second kappa shape index (κ2) is 2.64. The minimum Gasteiger partial charge on any atom is -0.396 e. The van der Waals surface area contributed by atoms with Gasteiger partial charge in [-0.15, -0.1) is 0 Å². The molecule has 0 aliphatic carbocycles. The molecule has 0 saturated carbocycles. The largest absolute Gasteiger partial charge is 0.396 e. The van der Waals surface area contributed by atoms with Crippen molar-refractivity contribution in [2.75, 3.05) is 19.7 Å². The summed E-state index contributed by atoms with van der Waals surface area (Å²) in [5.74, 6) is 0.179. The molecule has 1 rings (SSSR count). The predicted molar refractivity (Wildman–Crippen MR) is 32.5 cm³/mol. The maximum absolute atomic E-state index is 10.1. The lowest BCUT2D eigenvalue weighted by molar-refractivity contribution is 0.120. The van der Waals surface area contributed by atoms with Gasteiger partial charge in [-0.3, -0.25) is 0 Å². The van der Waals surface area contributed by atoms with Gasteiger partial charge in [-0.05, 0) is 0 Å². The fraction of sp³-hybridized carbons (Fsp3) is 1.00. The topological polar surface area (TPSA) is 57.6 Å². The zero-order valence-electron chi connectivity index (χ0n) is 4.86. The van der Waals surface area contributed by atoms with Crippen molar-refractivity contribution in [2.24, 2.45) is 5.92 Å². The highest BCUT2D eigenvalue weighted by Crippen LogP contribution is 2.13. The van der Waals surface area contributed by atoms with Gasteiger partial charge in [-0.1, -0.05) is 0 Å².